The number of aliphatic hydroxyl groups excluding tert-OH is 1. The second-order valence-electron chi connectivity index (χ2n) is 5.53. The lowest BCUT2D eigenvalue weighted by atomic mass is 9.94. The van der Waals surface area contributed by atoms with E-state index in [0.717, 1.165) is 4.47 Å². The summed E-state index contributed by atoms with van der Waals surface area (Å²) < 4.78 is 29.0. The van der Waals surface area contributed by atoms with E-state index in [1.807, 2.05) is 0 Å². The van der Waals surface area contributed by atoms with Crippen molar-refractivity contribution in [2.45, 2.75) is 37.5 Å². The van der Waals surface area contributed by atoms with Crippen LogP contribution in [0.15, 0.2) is 22.8 Å². The highest BCUT2D eigenvalue weighted by Gasteiger charge is 2.41. The van der Waals surface area contributed by atoms with E-state index in [0.29, 0.717) is 5.69 Å². The maximum Gasteiger partial charge on any atom is 0.136 e. The van der Waals surface area contributed by atoms with Crippen LogP contribution >= 0.6 is 15.9 Å². The van der Waals surface area contributed by atoms with Crippen LogP contribution < -0.4 is 4.72 Å². The molecule has 1 heterocycles. The second-order valence-corrected chi connectivity index (χ2v) is 8.41. The van der Waals surface area contributed by atoms with E-state index < -0.39 is 28.3 Å². The summed E-state index contributed by atoms with van der Waals surface area (Å²) in [4.78, 5) is 4.16. The molecule has 1 rings (SSSR count). The Bertz CT molecular complexity index is 445. The summed E-state index contributed by atoms with van der Waals surface area (Å²) in [5.41, 5.74) is -0.836. The molecule has 114 valence electrons. The van der Waals surface area contributed by atoms with Crippen molar-refractivity contribution in [2.24, 2.45) is 0 Å². The van der Waals surface area contributed by atoms with Crippen LogP contribution in [0.2, 0.25) is 0 Å². The monoisotopic (exact) mass is 366 g/mol. The Morgan fingerprint density at radius 1 is 1.50 bits per heavy atom. The maximum atomic E-state index is 13.7. The van der Waals surface area contributed by atoms with Crippen LogP contribution in [-0.2, 0) is 16.9 Å². The number of hydrogen-bond acceptors (Lipinski definition) is 4. The maximum absolute atomic E-state index is 13.7. The smallest absolute Gasteiger partial charge is 0.136 e. The number of aliphatic hydroxyl groups is 1. The summed E-state index contributed by atoms with van der Waals surface area (Å²) >= 11 is 1.84. The van der Waals surface area contributed by atoms with Gasteiger partial charge in [-0.3, -0.25) is 4.98 Å². The number of rotatable bonds is 6. The predicted molar refractivity (Wildman–Crippen MR) is 82.3 cm³/mol. The number of pyridine rings is 1. The average molecular weight is 367 g/mol. The molecule has 7 heteroatoms. The number of alkyl halides is 1. The molecule has 0 fully saturated rings. The molecule has 1 unspecified atom stereocenters. The minimum absolute atomic E-state index is 0.0920. The quantitative estimate of drug-likeness (QED) is 0.758. The first-order valence-corrected chi connectivity index (χ1v) is 8.18. The minimum Gasteiger partial charge on any atom is -0.598 e. The molecule has 0 aliphatic carbocycles. The van der Waals surface area contributed by atoms with Gasteiger partial charge in [0.2, 0.25) is 0 Å². The molecule has 0 radical (unpaired) electrons. The van der Waals surface area contributed by atoms with Gasteiger partial charge in [-0.15, -0.1) is 4.72 Å². The largest absolute Gasteiger partial charge is 0.598 e. The van der Waals surface area contributed by atoms with Crippen molar-refractivity contribution in [3.8, 4) is 0 Å². The summed E-state index contributed by atoms with van der Waals surface area (Å²) in [6.45, 7) is 4.36. The Morgan fingerprint density at radius 3 is 2.60 bits per heavy atom. The van der Waals surface area contributed by atoms with Crippen molar-refractivity contribution in [1.29, 1.82) is 0 Å². The summed E-state index contributed by atoms with van der Waals surface area (Å²) in [6.07, 6.45) is 1.64. The van der Waals surface area contributed by atoms with Crippen LogP contribution in [0.25, 0.3) is 0 Å². The van der Waals surface area contributed by atoms with E-state index in [2.05, 4.69) is 25.6 Å². The first-order valence-electron chi connectivity index (χ1n) is 6.24. The number of aromatic nitrogens is 1. The summed E-state index contributed by atoms with van der Waals surface area (Å²) in [5.74, 6) is 0. The molecule has 0 saturated carbocycles. The van der Waals surface area contributed by atoms with Crippen molar-refractivity contribution in [2.75, 3.05) is 13.3 Å². The zero-order valence-electron chi connectivity index (χ0n) is 11.8. The summed E-state index contributed by atoms with van der Waals surface area (Å²) in [6, 6.07) is 3.40. The lowest BCUT2D eigenvalue weighted by Crippen LogP contribution is -2.53. The fourth-order valence-corrected chi connectivity index (χ4v) is 2.84. The molecule has 1 aromatic rings. The normalized spacial score (nSPS) is 16.8. The van der Waals surface area contributed by atoms with Gasteiger partial charge >= 0.3 is 0 Å². The van der Waals surface area contributed by atoms with E-state index in [1.165, 1.54) is 0 Å². The van der Waals surface area contributed by atoms with Gasteiger partial charge in [0.15, 0.2) is 0 Å². The molecule has 20 heavy (non-hydrogen) atoms. The molecule has 0 aliphatic rings. The first kappa shape index (κ1) is 17.8. The Kier molecular flexibility index (Phi) is 6.40. The SMILES string of the molecule is CC(C)(C)[S+]([O-])N[C@@](CF)(CCO)c1cc(Br)ccn1. The van der Waals surface area contributed by atoms with E-state index in [1.54, 1.807) is 39.1 Å². The van der Waals surface area contributed by atoms with Gasteiger partial charge in [0.25, 0.3) is 0 Å². The molecule has 0 bridgehead atoms. The van der Waals surface area contributed by atoms with Gasteiger partial charge in [-0.1, -0.05) is 15.9 Å². The minimum atomic E-state index is -1.47. The van der Waals surface area contributed by atoms with E-state index in [4.69, 9.17) is 0 Å². The van der Waals surface area contributed by atoms with E-state index >= 15 is 0 Å². The molecule has 0 spiro atoms. The van der Waals surface area contributed by atoms with E-state index in [9.17, 15) is 14.0 Å². The molecule has 0 aromatic carbocycles. The van der Waals surface area contributed by atoms with Crippen LogP contribution in [0.3, 0.4) is 0 Å². The zero-order chi connectivity index (χ0) is 15.4. The number of nitrogens with one attached hydrogen (secondary N) is 1. The average Bonchev–Trinajstić information content (AvgIpc) is 2.36. The Balaban J connectivity index is 3.15. The van der Waals surface area contributed by atoms with Gasteiger partial charge in [0, 0.05) is 35.1 Å². The third-order valence-electron chi connectivity index (χ3n) is 2.82. The van der Waals surface area contributed by atoms with E-state index in [-0.39, 0.29) is 13.0 Å². The summed E-state index contributed by atoms with van der Waals surface area (Å²) in [7, 11) is 0. The lowest BCUT2D eigenvalue weighted by molar-refractivity contribution is 0.191. The molecule has 2 atom stereocenters. The van der Waals surface area contributed by atoms with Crippen LogP contribution in [0.1, 0.15) is 32.9 Å². The standard InChI is InChI=1S/C13H20BrFN2O2S/c1-12(2,3)20(19)17-13(9-15,5-7-18)11-8-10(14)4-6-16-11/h4,6,8,17-18H,5,7,9H2,1-3H3/t13-,20?/m1/s1. The molecular formula is C13H20BrFN2O2S. The lowest BCUT2D eigenvalue weighted by Gasteiger charge is -2.35. The van der Waals surface area contributed by atoms with Crippen LogP contribution in [0.5, 0.6) is 0 Å². The first-order chi connectivity index (χ1) is 9.25. The highest BCUT2D eigenvalue weighted by molar-refractivity contribution is 9.10. The topological polar surface area (TPSA) is 68.2 Å². The Hall–Kier alpha value is -0.210. The fraction of sp³-hybridized carbons (Fsp3) is 0.615. The van der Waals surface area contributed by atoms with Gasteiger partial charge in [-0.2, -0.15) is 0 Å². The van der Waals surface area contributed by atoms with Crippen molar-refractivity contribution >= 4 is 27.3 Å². The van der Waals surface area contributed by atoms with Crippen molar-refractivity contribution in [3.63, 3.8) is 0 Å². The Morgan fingerprint density at radius 2 is 2.15 bits per heavy atom. The van der Waals surface area contributed by atoms with Gasteiger partial charge in [0.1, 0.15) is 17.0 Å². The molecule has 0 amide bonds. The van der Waals surface area contributed by atoms with Crippen LogP contribution in [0.4, 0.5) is 4.39 Å². The second kappa shape index (κ2) is 7.17. The highest BCUT2D eigenvalue weighted by Crippen LogP contribution is 2.29. The fourth-order valence-electron chi connectivity index (χ4n) is 1.58. The third kappa shape index (κ3) is 4.39. The number of hydrogen-bond donors (Lipinski definition) is 2. The molecule has 2 N–H and O–H groups in total. The number of halogens is 2. The van der Waals surface area contributed by atoms with Gasteiger partial charge in [-0.05, 0) is 32.9 Å². The van der Waals surface area contributed by atoms with Gasteiger partial charge in [0.05, 0.1) is 5.69 Å². The molecular weight excluding hydrogens is 347 g/mol. The van der Waals surface area contributed by atoms with Gasteiger partial charge < -0.3 is 9.66 Å². The highest BCUT2D eigenvalue weighted by atomic mass is 79.9. The van der Waals surface area contributed by atoms with Crippen LogP contribution in [-0.4, -0.2) is 32.7 Å². The summed E-state index contributed by atoms with van der Waals surface area (Å²) in [5, 5.41) is 9.23. The zero-order valence-corrected chi connectivity index (χ0v) is 14.2. The van der Waals surface area contributed by atoms with Gasteiger partial charge in [-0.25, -0.2) is 4.39 Å². The molecule has 1 aromatic heterocycles. The third-order valence-corrected chi connectivity index (χ3v) is 5.01. The molecule has 0 saturated heterocycles. The van der Waals surface area contributed by atoms with Crippen molar-refractivity contribution in [1.82, 2.24) is 9.71 Å². The number of nitrogens with zero attached hydrogens (tertiary/aromatic N) is 1. The van der Waals surface area contributed by atoms with Crippen molar-refractivity contribution < 1.29 is 14.0 Å². The van der Waals surface area contributed by atoms with Crippen LogP contribution in [0, 0.1) is 0 Å². The molecule has 4 nitrogen and oxygen atoms in total. The predicted octanol–water partition coefficient (Wildman–Crippen LogP) is 2.44. The Labute approximate surface area is 130 Å². The van der Waals surface area contributed by atoms with Crippen molar-refractivity contribution in [3.05, 3.63) is 28.5 Å². The molecule has 0 aliphatic heterocycles.